The lowest BCUT2D eigenvalue weighted by molar-refractivity contribution is -0.385. The van der Waals surface area contributed by atoms with Crippen molar-refractivity contribution in [2.45, 2.75) is 0 Å². The minimum absolute atomic E-state index is 0.0719. The van der Waals surface area contributed by atoms with Crippen LogP contribution in [0.4, 0.5) is 11.4 Å². The number of aromatic nitrogens is 2. The normalized spacial score (nSPS) is 10.3. The molecule has 0 aliphatic rings. The Kier molecular flexibility index (Phi) is 4.42. The maximum absolute atomic E-state index is 12.5. The summed E-state index contributed by atoms with van der Waals surface area (Å²) in [6.07, 6.45) is 5.05. The van der Waals surface area contributed by atoms with Crippen molar-refractivity contribution in [1.82, 2.24) is 9.55 Å². The number of amides is 1. The topological polar surface area (TPSA) is 99.3 Å². The molecule has 0 unspecified atom stereocenters. The molecule has 0 aliphatic heterocycles. The quantitative estimate of drug-likeness (QED) is 0.569. The average molecular weight is 338 g/mol. The van der Waals surface area contributed by atoms with Crippen molar-refractivity contribution in [1.29, 1.82) is 0 Å². The van der Waals surface area contributed by atoms with Gasteiger partial charge in [-0.25, -0.2) is 4.98 Å². The Bertz CT molecular complexity index is 922. The van der Waals surface area contributed by atoms with Crippen LogP contribution in [0.25, 0.3) is 5.69 Å². The number of nitro benzene ring substituents is 1. The molecule has 8 nitrogen and oxygen atoms in total. The van der Waals surface area contributed by atoms with Gasteiger partial charge in [-0.05, 0) is 30.3 Å². The minimum atomic E-state index is -0.601. The van der Waals surface area contributed by atoms with Crippen molar-refractivity contribution in [3.8, 4) is 11.4 Å². The summed E-state index contributed by atoms with van der Waals surface area (Å²) in [7, 11) is 1.43. The highest BCUT2D eigenvalue weighted by Gasteiger charge is 2.21. The molecule has 1 heterocycles. The van der Waals surface area contributed by atoms with Crippen LogP contribution in [0.15, 0.2) is 61.2 Å². The van der Waals surface area contributed by atoms with Crippen LogP contribution in [0, 0.1) is 10.1 Å². The Labute approximate surface area is 142 Å². The monoisotopic (exact) mass is 338 g/mol. The fourth-order valence-electron chi connectivity index (χ4n) is 2.34. The van der Waals surface area contributed by atoms with Gasteiger partial charge in [0, 0.05) is 29.8 Å². The number of carbonyl (C=O) groups excluding carboxylic acids is 1. The van der Waals surface area contributed by atoms with E-state index in [0.717, 1.165) is 5.69 Å². The fraction of sp³-hybridized carbons (Fsp3) is 0.0588. The summed E-state index contributed by atoms with van der Waals surface area (Å²) in [4.78, 5) is 27.1. The van der Waals surface area contributed by atoms with E-state index in [2.05, 4.69) is 10.3 Å². The molecule has 126 valence electrons. The summed E-state index contributed by atoms with van der Waals surface area (Å²) in [5, 5.41) is 13.8. The number of nitro groups is 1. The van der Waals surface area contributed by atoms with Gasteiger partial charge in [-0.15, -0.1) is 0 Å². The SMILES string of the molecule is COc1ccc([N+](=O)[O-])c(C(=O)Nc2cccc(-n3ccnc3)c2)c1. The molecular weight excluding hydrogens is 324 g/mol. The molecule has 3 aromatic rings. The first kappa shape index (κ1) is 16.2. The first-order valence-corrected chi connectivity index (χ1v) is 7.30. The van der Waals surface area contributed by atoms with Crippen molar-refractivity contribution in [3.05, 3.63) is 76.9 Å². The largest absolute Gasteiger partial charge is 0.497 e. The van der Waals surface area contributed by atoms with Crippen LogP contribution < -0.4 is 10.1 Å². The highest BCUT2D eigenvalue weighted by atomic mass is 16.6. The summed E-state index contributed by atoms with van der Waals surface area (Å²) in [6.45, 7) is 0. The number of methoxy groups -OCH3 is 1. The predicted octanol–water partition coefficient (Wildman–Crippen LogP) is 3.04. The first-order valence-electron chi connectivity index (χ1n) is 7.30. The number of hydrogen-bond donors (Lipinski definition) is 1. The van der Waals surface area contributed by atoms with Crippen molar-refractivity contribution < 1.29 is 14.5 Å². The average Bonchev–Trinajstić information content (AvgIpc) is 3.16. The third-order valence-electron chi connectivity index (χ3n) is 3.55. The molecule has 0 saturated carbocycles. The van der Waals surface area contributed by atoms with Gasteiger partial charge in [-0.3, -0.25) is 14.9 Å². The number of nitrogens with one attached hydrogen (secondary N) is 1. The zero-order chi connectivity index (χ0) is 17.8. The Morgan fingerprint density at radius 3 is 2.80 bits per heavy atom. The van der Waals surface area contributed by atoms with Crippen molar-refractivity contribution in [2.24, 2.45) is 0 Å². The molecule has 0 bridgehead atoms. The summed E-state index contributed by atoms with van der Waals surface area (Å²) in [5.41, 5.74) is 0.949. The maximum Gasteiger partial charge on any atom is 0.282 e. The third kappa shape index (κ3) is 3.47. The fourth-order valence-corrected chi connectivity index (χ4v) is 2.34. The van der Waals surface area contributed by atoms with Crippen LogP contribution in [0.2, 0.25) is 0 Å². The van der Waals surface area contributed by atoms with Gasteiger partial charge in [0.2, 0.25) is 0 Å². The number of rotatable bonds is 5. The van der Waals surface area contributed by atoms with E-state index in [1.807, 2.05) is 6.07 Å². The summed E-state index contributed by atoms with van der Waals surface area (Å²) in [6, 6.07) is 11.1. The lowest BCUT2D eigenvalue weighted by Crippen LogP contribution is -2.14. The van der Waals surface area contributed by atoms with E-state index in [1.54, 1.807) is 41.5 Å². The van der Waals surface area contributed by atoms with Crippen LogP contribution in [-0.2, 0) is 0 Å². The number of imidazole rings is 1. The van der Waals surface area contributed by atoms with Gasteiger partial charge in [0.15, 0.2) is 0 Å². The van der Waals surface area contributed by atoms with Crippen LogP contribution in [0.5, 0.6) is 5.75 Å². The lowest BCUT2D eigenvalue weighted by atomic mass is 10.1. The van der Waals surface area contributed by atoms with Crippen LogP contribution in [-0.4, -0.2) is 27.5 Å². The predicted molar refractivity (Wildman–Crippen MR) is 91.2 cm³/mol. The standard InChI is InChI=1S/C17H14N4O4/c1-25-14-5-6-16(21(23)24)15(10-14)17(22)19-12-3-2-4-13(9-12)20-8-7-18-11-20/h2-11H,1H3,(H,19,22). The molecule has 2 aromatic carbocycles. The maximum atomic E-state index is 12.5. The summed E-state index contributed by atoms with van der Waals surface area (Å²) < 4.78 is 6.83. The molecule has 0 fully saturated rings. The van der Waals surface area contributed by atoms with E-state index in [0.29, 0.717) is 11.4 Å². The van der Waals surface area contributed by atoms with Gasteiger partial charge < -0.3 is 14.6 Å². The van der Waals surface area contributed by atoms with Crippen LogP contribution in [0.3, 0.4) is 0 Å². The van der Waals surface area contributed by atoms with E-state index in [1.165, 1.54) is 25.3 Å². The highest BCUT2D eigenvalue weighted by molar-refractivity contribution is 6.07. The minimum Gasteiger partial charge on any atom is -0.497 e. The molecule has 0 radical (unpaired) electrons. The molecule has 1 N–H and O–H groups in total. The van der Waals surface area contributed by atoms with Crippen molar-refractivity contribution in [3.63, 3.8) is 0 Å². The van der Waals surface area contributed by atoms with Crippen LogP contribution >= 0.6 is 0 Å². The third-order valence-corrected chi connectivity index (χ3v) is 3.55. The number of ether oxygens (including phenoxy) is 1. The second-order valence-electron chi connectivity index (χ2n) is 5.11. The molecule has 0 atom stereocenters. The first-order chi connectivity index (χ1) is 12.1. The van der Waals surface area contributed by atoms with E-state index in [-0.39, 0.29) is 11.3 Å². The van der Waals surface area contributed by atoms with E-state index in [9.17, 15) is 14.9 Å². The van der Waals surface area contributed by atoms with Gasteiger partial charge in [-0.2, -0.15) is 0 Å². The molecule has 0 saturated heterocycles. The second-order valence-corrected chi connectivity index (χ2v) is 5.11. The Morgan fingerprint density at radius 2 is 2.12 bits per heavy atom. The van der Waals surface area contributed by atoms with E-state index in [4.69, 9.17) is 4.74 Å². The van der Waals surface area contributed by atoms with E-state index >= 15 is 0 Å². The second kappa shape index (κ2) is 6.83. The number of hydrogen-bond acceptors (Lipinski definition) is 5. The van der Waals surface area contributed by atoms with Gasteiger partial charge >= 0.3 is 0 Å². The highest BCUT2D eigenvalue weighted by Crippen LogP contribution is 2.25. The zero-order valence-electron chi connectivity index (χ0n) is 13.2. The van der Waals surface area contributed by atoms with Gasteiger partial charge in [0.05, 0.1) is 18.4 Å². The molecule has 3 rings (SSSR count). The van der Waals surface area contributed by atoms with Gasteiger partial charge in [0.1, 0.15) is 11.3 Å². The molecule has 0 aliphatic carbocycles. The lowest BCUT2D eigenvalue weighted by Gasteiger charge is -2.09. The van der Waals surface area contributed by atoms with E-state index < -0.39 is 10.8 Å². The van der Waals surface area contributed by atoms with Crippen molar-refractivity contribution in [2.75, 3.05) is 12.4 Å². The molecular formula is C17H14N4O4. The summed E-state index contributed by atoms with van der Waals surface area (Å²) in [5.74, 6) is -0.226. The number of carbonyl (C=O) groups is 1. The summed E-state index contributed by atoms with van der Waals surface area (Å²) >= 11 is 0. The number of anilines is 1. The molecule has 8 heteroatoms. The molecule has 1 aromatic heterocycles. The smallest absolute Gasteiger partial charge is 0.282 e. The zero-order valence-corrected chi connectivity index (χ0v) is 13.2. The van der Waals surface area contributed by atoms with Crippen molar-refractivity contribution >= 4 is 17.3 Å². The number of benzene rings is 2. The number of nitrogens with zero attached hydrogens (tertiary/aromatic N) is 3. The van der Waals surface area contributed by atoms with Gasteiger partial charge in [-0.1, -0.05) is 6.07 Å². The molecule has 25 heavy (non-hydrogen) atoms. The molecule has 0 spiro atoms. The molecule has 1 amide bonds. The Balaban J connectivity index is 1.90. The Hall–Kier alpha value is -3.68. The Morgan fingerprint density at radius 1 is 1.28 bits per heavy atom. The van der Waals surface area contributed by atoms with Crippen LogP contribution in [0.1, 0.15) is 10.4 Å². The van der Waals surface area contributed by atoms with Gasteiger partial charge in [0.25, 0.3) is 11.6 Å².